The van der Waals surface area contributed by atoms with Crippen LogP contribution < -0.4 is 10.6 Å². The van der Waals surface area contributed by atoms with Gasteiger partial charge in [-0.15, -0.1) is 0 Å². The molecule has 2 aliphatic heterocycles. The number of hydrogen-bond acceptors (Lipinski definition) is 4. The van der Waals surface area contributed by atoms with Gasteiger partial charge < -0.3 is 15.5 Å². The van der Waals surface area contributed by atoms with Crippen LogP contribution in [0.4, 0.5) is 23.2 Å². The molecule has 2 aliphatic rings. The number of hydrogen-bond donors (Lipinski definition) is 1. The number of carbonyl (C=O) groups excluding carboxylic acids is 2. The predicted octanol–water partition coefficient (Wildman–Crippen LogP) is 3.49. The Balaban J connectivity index is 1.49. The van der Waals surface area contributed by atoms with E-state index in [1.54, 1.807) is 21.9 Å². The highest BCUT2D eigenvalue weighted by molar-refractivity contribution is 5.83. The smallest absolute Gasteiger partial charge is 0.371 e. The molecule has 1 unspecified atom stereocenters. The molecule has 0 radical (unpaired) electrons. The van der Waals surface area contributed by atoms with Crippen molar-refractivity contribution in [3.05, 3.63) is 65.0 Å². The van der Waals surface area contributed by atoms with Gasteiger partial charge in [0.15, 0.2) is 0 Å². The normalized spacial score (nSPS) is 19.6. The summed E-state index contributed by atoms with van der Waals surface area (Å²) >= 11 is 0. The first kappa shape index (κ1) is 24.5. The standard InChI is InChI=1S/C25H24F4N4O2/c26-18-3-1-2-16(10-18)11-22(34)33-14-21(23(31)35)24(15-33)6-8-32(9-7-24)19-5-4-17(13-30)20(12-19)25(27,28)29/h1-5,10,12,21H,6-9,11,14-15H2,(H2,31,35). The largest absolute Gasteiger partial charge is 0.417 e. The maximum absolute atomic E-state index is 13.5. The lowest BCUT2D eigenvalue weighted by atomic mass is 9.70. The number of amides is 2. The number of benzene rings is 2. The minimum absolute atomic E-state index is 0.00307. The molecular formula is C25H24F4N4O2. The van der Waals surface area contributed by atoms with Crippen molar-refractivity contribution in [3.63, 3.8) is 0 Å². The van der Waals surface area contributed by atoms with Gasteiger partial charge in [0.05, 0.1) is 29.5 Å². The summed E-state index contributed by atoms with van der Waals surface area (Å²) in [6.45, 7) is 1.22. The topological polar surface area (TPSA) is 90.4 Å². The summed E-state index contributed by atoms with van der Waals surface area (Å²) in [5.41, 5.74) is 4.57. The first-order chi connectivity index (χ1) is 16.5. The van der Waals surface area contributed by atoms with Crippen LogP contribution in [0, 0.1) is 28.5 Å². The van der Waals surface area contributed by atoms with Crippen molar-refractivity contribution in [1.82, 2.24) is 4.90 Å². The Morgan fingerprint density at radius 3 is 2.46 bits per heavy atom. The Labute approximate surface area is 199 Å². The lowest BCUT2D eigenvalue weighted by Gasteiger charge is -2.42. The van der Waals surface area contributed by atoms with Crippen LogP contribution in [-0.2, 0) is 22.2 Å². The van der Waals surface area contributed by atoms with E-state index in [4.69, 9.17) is 11.0 Å². The number of nitriles is 1. The number of alkyl halides is 3. The first-order valence-electron chi connectivity index (χ1n) is 11.2. The average Bonchev–Trinajstić information content (AvgIpc) is 3.18. The van der Waals surface area contributed by atoms with Crippen LogP contribution in [-0.4, -0.2) is 42.9 Å². The molecule has 0 bridgehead atoms. The molecule has 2 amide bonds. The van der Waals surface area contributed by atoms with Crippen molar-refractivity contribution in [1.29, 1.82) is 5.26 Å². The second kappa shape index (κ2) is 9.21. The Bertz CT molecular complexity index is 1180. The third-order valence-electron chi connectivity index (χ3n) is 7.14. The fourth-order valence-corrected chi connectivity index (χ4v) is 5.26. The van der Waals surface area contributed by atoms with Gasteiger partial charge in [-0.1, -0.05) is 12.1 Å². The van der Waals surface area contributed by atoms with Gasteiger partial charge in [0.25, 0.3) is 0 Å². The van der Waals surface area contributed by atoms with Gasteiger partial charge in [0, 0.05) is 37.3 Å². The molecule has 4 rings (SSSR count). The zero-order valence-electron chi connectivity index (χ0n) is 18.8. The number of piperidine rings is 1. The van der Waals surface area contributed by atoms with Gasteiger partial charge in [0.2, 0.25) is 11.8 Å². The molecule has 2 N–H and O–H groups in total. The molecule has 0 aromatic heterocycles. The van der Waals surface area contributed by atoms with Crippen molar-refractivity contribution < 1.29 is 27.2 Å². The quantitative estimate of drug-likeness (QED) is 0.668. The van der Waals surface area contributed by atoms with E-state index >= 15 is 0 Å². The summed E-state index contributed by atoms with van der Waals surface area (Å²) < 4.78 is 53.6. The Morgan fingerprint density at radius 2 is 1.86 bits per heavy atom. The molecule has 2 fully saturated rings. The Kier molecular flexibility index (Phi) is 6.45. The molecule has 0 saturated carbocycles. The van der Waals surface area contributed by atoms with Crippen molar-refractivity contribution in [2.24, 2.45) is 17.1 Å². The van der Waals surface area contributed by atoms with Crippen LogP contribution >= 0.6 is 0 Å². The SMILES string of the molecule is N#Cc1ccc(N2CCC3(CC2)CN(C(=O)Cc2cccc(F)c2)CC3C(N)=O)cc1C(F)(F)F. The number of anilines is 1. The van der Waals surface area contributed by atoms with E-state index in [0.29, 0.717) is 43.7 Å². The van der Waals surface area contributed by atoms with Crippen molar-refractivity contribution in [2.45, 2.75) is 25.4 Å². The minimum atomic E-state index is -4.65. The number of rotatable bonds is 4. The molecule has 1 atom stereocenters. The number of carbonyl (C=O) groups is 2. The van der Waals surface area contributed by atoms with Crippen molar-refractivity contribution >= 4 is 17.5 Å². The second-order valence-electron chi connectivity index (χ2n) is 9.22. The minimum Gasteiger partial charge on any atom is -0.371 e. The average molecular weight is 488 g/mol. The van der Waals surface area contributed by atoms with Crippen LogP contribution in [0.15, 0.2) is 42.5 Å². The molecular weight excluding hydrogens is 464 g/mol. The van der Waals surface area contributed by atoms with E-state index in [1.165, 1.54) is 24.3 Å². The zero-order valence-corrected chi connectivity index (χ0v) is 18.8. The van der Waals surface area contributed by atoms with E-state index < -0.39 is 40.4 Å². The highest BCUT2D eigenvalue weighted by atomic mass is 19.4. The number of nitrogens with two attached hydrogens (primary N) is 1. The van der Waals surface area contributed by atoms with Gasteiger partial charge >= 0.3 is 6.18 Å². The zero-order chi connectivity index (χ0) is 25.4. The highest BCUT2D eigenvalue weighted by Crippen LogP contribution is 2.46. The summed E-state index contributed by atoms with van der Waals surface area (Å²) in [6.07, 6.45) is -3.72. The molecule has 184 valence electrons. The summed E-state index contributed by atoms with van der Waals surface area (Å²) in [4.78, 5) is 28.6. The molecule has 6 nitrogen and oxygen atoms in total. The molecule has 2 heterocycles. The van der Waals surface area contributed by atoms with E-state index in [2.05, 4.69) is 0 Å². The first-order valence-corrected chi connectivity index (χ1v) is 11.2. The molecule has 1 spiro atoms. The van der Waals surface area contributed by atoms with Crippen molar-refractivity contribution in [2.75, 3.05) is 31.1 Å². The number of likely N-dealkylation sites (tertiary alicyclic amines) is 1. The van der Waals surface area contributed by atoms with E-state index in [9.17, 15) is 27.2 Å². The fraction of sp³-hybridized carbons (Fsp3) is 0.400. The van der Waals surface area contributed by atoms with Crippen LogP contribution in [0.5, 0.6) is 0 Å². The molecule has 2 saturated heterocycles. The summed E-state index contributed by atoms with van der Waals surface area (Å²) in [5.74, 6) is -1.76. The van der Waals surface area contributed by atoms with E-state index in [0.717, 1.165) is 12.1 Å². The fourth-order valence-electron chi connectivity index (χ4n) is 5.26. The van der Waals surface area contributed by atoms with Gasteiger partial charge in [0.1, 0.15) is 5.82 Å². The van der Waals surface area contributed by atoms with Gasteiger partial charge in [-0.2, -0.15) is 18.4 Å². The Hall–Kier alpha value is -3.61. The highest BCUT2D eigenvalue weighted by Gasteiger charge is 2.51. The third kappa shape index (κ3) is 4.94. The molecule has 0 aliphatic carbocycles. The molecule has 10 heteroatoms. The van der Waals surface area contributed by atoms with Gasteiger partial charge in [-0.05, 0) is 48.7 Å². The lowest BCUT2D eigenvalue weighted by Crippen LogP contribution is -2.47. The number of primary amides is 1. The number of nitrogens with zero attached hydrogens (tertiary/aromatic N) is 3. The molecule has 2 aromatic rings. The molecule has 35 heavy (non-hydrogen) atoms. The summed E-state index contributed by atoms with van der Waals surface area (Å²) in [7, 11) is 0. The Morgan fingerprint density at radius 1 is 1.14 bits per heavy atom. The van der Waals surface area contributed by atoms with Crippen molar-refractivity contribution in [3.8, 4) is 6.07 Å². The lowest BCUT2D eigenvalue weighted by molar-refractivity contribution is -0.137. The summed E-state index contributed by atoms with van der Waals surface area (Å²) in [6, 6.07) is 11.0. The van der Waals surface area contributed by atoms with Crippen LogP contribution in [0.25, 0.3) is 0 Å². The maximum Gasteiger partial charge on any atom is 0.417 e. The third-order valence-corrected chi connectivity index (χ3v) is 7.14. The molecule has 2 aromatic carbocycles. The van der Waals surface area contributed by atoms with Crippen LogP contribution in [0.1, 0.15) is 29.5 Å². The monoisotopic (exact) mass is 488 g/mol. The number of halogens is 4. The second-order valence-corrected chi connectivity index (χ2v) is 9.22. The van der Waals surface area contributed by atoms with Gasteiger partial charge in [-0.3, -0.25) is 9.59 Å². The van der Waals surface area contributed by atoms with Crippen LogP contribution in [0.2, 0.25) is 0 Å². The summed E-state index contributed by atoms with van der Waals surface area (Å²) in [5, 5.41) is 9.02. The van der Waals surface area contributed by atoms with E-state index in [-0.39, 0.29) is 18.9 Å². The van der Waals surface area contributed by atoms with E-state index in [1.807, 2.05) is 0 Å². The van der Waals surface area contributed by atoms with Crippen LogP contribution in [0.3, 0.4) is 0 Å². The van der Waals surface area contributed by atoms with Gasteiger partial charge in [-0.25, -0.2) is 4.39 Å². The maximum atomic E-state index is 13.5. The predicted molar refractivity (Wildman–Crippen MR) is 119 cm³/mol.